The SMILES string of the molecule is NCCNOC(CC(=O)O)(CC(=O)O)C(CC(=O)O)(CC(=O)O)ONCCN. The van der Waals surface area contributed by atoms with Crippen molar-refractivity contribution in [3.63, 3.8) is 0 Å². The lowest BCUT2D eigenvalue weighted by atomic mass is 9.73. The average molecular weight is 410 g/mol. The highest BCUT2D eigenvalue weighted by atomic mass is 16.7. The number of rotatable bonds is 17. The van der Waals surface area contributed by atoms with Crippen molar-refractivity contribution in [3.05, 3.63) is 0 Å². The Kier molecular flexibility index (Phi) is 11.1. The van der Waals surface area contributed by atoms with Crippen LogP contribution in [0.1, 0.15) is 25.7 Å². The highest BCUT2D eigenvalue weighted by Gasteiger charge is 2.59. The monoisotopic (exact) mass is 410 g/mol. The number of aliphatic carboxylic acids is 4. The van der Waals surface area contributed by atoms with Gasteiger partial charge in [0.1, 0.15) is 11.2 Å². The van der Waals surface area contributed by atoms with Gasteiger partial charge >= 0.3 is 23.9 Å². The number of hydrogen-bond donors (Lipinski definition) is 8. The van der Waals surface area contributed by atoms with Crippen LogP contribution in [0, 0.1) is 0 Å². The third-order valence-electron chi connectivity index (χ3n) is 3.61. The number of hydrogen-bond acceptors (Lipinski definition) is 10. The maximum absolute atomic E-state index is 11.5. The molecule has 0 aliphatic heterocycles. The van der Waals surface area contributed by atoms with Crippen molar-refractivity contribution >= 4 is 23.9 Å². The molecule has 0 unspecified atom stereocenters. The Morgan fingerprint density at radius 1 is 0.643 bits per heavy atom. The fourth-order valence-corrected chi connectivity index (χ4v) is 2.57. The molecule has 0 aromatic heterocycles. The van der Waals surface area contributed by atoms with Gasteiger partial charge in [-0.1, -0.05) is 0 Å². The summed E-state index contributed by atoms with van der Waals surface area (Å²) in [4.78, 5) is 56.4. The van der Waals surface area contributed by atoms with Gasteiger partial charge in [-0.15, -0.1) is 0 Å². The predicted octanol–water partition coefficient (Wildman–Crippen LogP) is -2.68. The Bertz CT molecular complexity index is 476. The normalized spacial score (nSPS) is 11.9. The van der Waals surface area contributed by atoms with Gasteiger partial charge in [0.2, 0.25) is 0 Å². The summed E-state index contributed by atoms with van der Waals surface area (Å²) in [6, 6.07) is 0. The van der Waals surface area contributed by atoms with Gasteiger partial charge in [-0.05, 0) is 0 Å². The van der Waals surface area contributed by atoms with Crippen molar-refractivity contribution in [3.8, 4) is 0 Å². The van der Waals surface area contributed by atoms with Crippen LogP contribution in [-0.2, 0) is 28.9 Å². The Hall–Kier alpha value is -2.36. The number of hydroxylamine groups is 2. The number of nitrogens with one attached hydrogen (secondary N) is 2. The van der Waals surface area contributed by atoms with Gasteiger partial charge < -0.3 is 31.9 Å². The van der Waals surface area contributed by atoms with Crippen LogP contribution in [0.3, 0.4) is 0 Å². The van der Waals surface area contributed by atoms with Crippen LogP contribution in [0.5, 0.6) is 0 Å². The second-order valence-electron chi connectivity index (χ2n) is 5.84. The minimum Gasteiger partial charge on any atom is -0.481 e. The Labute approximate surface area is 159 Å². The Morgan fingerprint density at radius 2 is 0.893 bits per heavy atom. The molecule has 0 rings (SSSR count). The van der Waals surface area contributed by atoms with E-state index in [-0.39, 0.29) is 26.2 Å². The lowest BCUT2D eigenvalue weighted by Gasteiger charge is -2.46. The van der Waals surface area contributed by atoms with Gasteiger partial charge in [-0.3, -0.25) is 28.9 Å². The molecule has 0 aromatic rings. The summed E-state index contributed by atoms with van der Waals surface area (Å²) in [5.74, 6) is -6.28. The summed E-state index contributed by atoms with van der Waals surface area (Å²) in [7, 11) is 0. The van der Waals surface area contributed by atoms with E-state index in [0.29, 0.717) is 0 Å². The highest BCUT2D eigenvalue weighted by Crippen LogP contribution is 2.41. The Morgan fingerprint density at radius 3 is 1.07 bits per heavy atom. The van der Waals surface area contributed by atoms with Gasteiger partial charge in [0, 0.05) is 26.2 Å². The van der Waals surface area contributed by atoms with E-state index in [1.807, 2.05) is 0 Å². The zero-order valence-corrected chi connectivity index (χ0v) is 15.0. The minimum atomic E-state index is -2.43. The van der Waals surface area contributed by atoms with Gasteiger partial charge in [-0.2, -0.15) is 0 Å². The molecule has 0 spiro atoms. The van der Waals surface area contributed by atoms with Crippen molar-refractivity contribution < 1.29 is 49.3 Å². The molecular formula is C14H26N4O10. The standard InChI is InChI=1S/C14H26N4O10/c15-1-3-17-27-13(5-9(19)20,6-10(21)22)14(7-11(23)24,8-12(25)26)28-18-4-2-16/h17-18H,1-8,15-16H2,(H,19,20)(H,21,22)(H,23,24)(H,25,26). The fraction of sp³-hybridized carbons (Fsp3) is 0.714. The zero-order chi connectivity index (χ0) is 21.8. The lowest BCUT2D eigenvalue weighted by molar-refractivity contribution is -0.266. The van der Waals surface area contributed by atoms with Crippen molar-refractivity contribution in [2.75, 3.05) is 26.2 Å². The third kappa shape index (κ3) is 8.12. The van der Waals surface area contributed by atoms with E-state index in [9.17, 15) is 39.6 Å². The van der Waals surface area contributed by atoms with Crippen LogP contribution >= 0.6 is 0 Å². The molecule has 0 radical (unpaired) electrons. The van der Waals surface area contributed by atoms with E-state index in [4.69, 9.17) is 21.1 Å². The summed E-state index contributed by atoms with van der Waals surface area (Å²) in [5, 5.41) is 37.2. The molecule has 0 heterocycles. The summed E-state index contributed by atoms with van der Waals surface area (Å²) in [5.41, 5.74) is 10.3. The van der Waals surface area contributed by atoms with E-state index >= 15 is 0 Å². The quantitative estimate of drug-likeness (QED) is 0.0899. The van der Waals surface area contributed by atoms with E-state index in [1.54, 1.807) is 0 Å². The molecule has 14 heteroatoms. The Balaban J connectivity index is 6.48. The highest BCUT2D eigenvalue weighted by molar-refractivity contribution is 5.77. The molecule has 0 fully saturated rings. The van der Waals surface area contributed by atoms with Gasteiger partial charge in [-0.25, -0.2) is 11.0 Å². The molecule has 0 aliphatic rings. The van der Waals surface area contributed by atoms with Gasteiger partial charge in [0.05, 0.1) is 25.7 Å². The maximum atomic E-state index is 11.5. The number of carbonyl (C=O) groups is 4. The largest absolute Gasteiger partial charge is 0.481 e. The summed E-state index contributed by atoms with van der Waals surface area (Å²) < 4.78 is 0. The minimum absolute atomic E-state index is 0.00731. The second kappa shape index (κ2) is 12.2. The van der Waals surface area contributed by atoms with Crippen LogP contribution in [0.4, 0.5) is 0 Å². The summed E-state index contributed by atoms with van der Waals surface area (Å²) in [6.07, 6.45) is -4.33. The molecule has 0 aliphatic carbocycles. The molecular weight excluding hydrogens is 384 g/mol. The maximum Gasteiger partial charge on any atom is 0.306 e. The van der Waals surface area contributed by atoms with Crippen LogP contribution in [0.15, 0.2) is 0 Å². The summed E-state index contributed by atoms with van der Waals surface area (Å²) >= 11 is 0. The predicted molar refractivity (Wildman–Crippen MR) is 90.8 cm³/mol. The number of carboxylic acid groups (broad SMARTS) is 4. The molecule has 10 N–H and O–H groups in total. The molecule has 0 aromatic carbocycles. The molecule has 0 bridgehead atoms. The first-order valence-corrected chi connectivity index (χ1v) is 8.13. The molecule has 0 saturated carbocycles. The first-order valence-electron chi connectivity index (χ1n) is 8.13. The fourth-order valence-electron chi connectivity index (χ4n) is 2.57. The van der Waals surface area contributed by atoms with Crippen LogP contribution in [-0.4, -0.2) is 81.7 Å². The van der Waals surface area contributed by atoms with Crippen LogP contribution < -0.4 is 22.4 Å². The van der Waals surface area contributed by atoms with Crippen molar-refractivity contribution in [2.24, 2.45) is 11.5 Å². The second-order valence-corrected chi connectivity index (χ2v) is 5.84. The third-order valence-corrected chi connectivity index (χ3v) is 3.61. The first-order chi connectivity index (χ1) is 13.0. The van der Waals surface area contributed by atoms with Crippen molar-refractivity contribution in [1.29, 1.82) is 0 Å². The number of carboxylic acids is 4. The molecule has 162 valence electrons. The number of nitrogens with two attached hydrogens (primary N) is 2. The van der Waals surface area contributed by atoms with E-state index in [0.717, 1.165) is 0 Å². The van der Waals surface area contributed by atoms with Crippen LogP contribution in [0.25, 0.3) is 0 Å². The lowest BCUT2D eigenvalue weighted by Crippen LogP contribution is -2.64. The molecule has 0 atom stereocenters. The van der Waals surface area contributed by atoms with E-state index < -0.39 is 60.8 Å². The average Bonchev–Trinajstić information content (AvgIpc) is 2.52. The smallest absolute Gasteiger partial charge is 0.306 e. The first kappa shape index (κ1) is 25.6. The zero-order valence-electron chi connectivity index (χ0n) is 15.0. The molecule has 0 amide bonds. The van der Waals surface area contributed by atoms with Gasteiger partial charge in [0.15, 0.2) is 0 Å². The van der Waals surface area contributed by atoms with Crippen molar-refractivity contribution in [2.45, 2.75) is 36.9 Å². The molecule has 14 nitrogen and oxygen atoms in total. The van der Waals surface area contributed by atoms with Crippen LogP contribution in [0.2, 0.25) is 0 Å². The van der Waals surface area contributed by atoms with E-state index in [2.05, 4.69) is 11.0 Å². The van der Waals surface area contributed by atoms with Gasteiger partial charge in [0.25, 0.3) is 0 Å². The molecule has 28 heavy (non-hydrogen) atoms. The topological polar surface area (TPSA) is 244 Å². The molecule has 0 saturated heterocycles. The summed E-state index contributed by atoms with van der Waals surface area (Å²) in [6.45, 7) is -0.110. The van der Waals surface area contributed by atoms with Crippen molar-refractivity contribution in [1.82, 2.24) is 11.0 Å². The van der Waals surface area contributed by atoms with E-state index in [1.165, 1.54) is 0 Å².